The molecule has 1 aromatic rings. The van der Waals surface area contributed by atoms with Gasteiger partial charge >= 0.3 is 0 Å². The van der Waals surface area contributed by atoms with Crippen LogP contribution in [0.25, 0.3) is 0 Å². The maximum atomic E-state index is 5.00. The van der Waals surface area contributed by atoms with Crippen LogP contribution in [0.2, 0.25) is 0 Å². The molecule has 0 radical (unpaired) electrons. The van der Waals surface area contributed by atoms with Crippen molar-refractivity contribution in [3.63, 3.8) is 0 Å². The minimum Gasteiger partial charge on any atom is -0.357 e. The Hall–Kier alpha value is -0.870. The number of guanidine groups is 1. The summed E-state index contributed by atoms with van der Waals surface area (Å²) in [5.74, 6) is 1.77. The van der Waals surface area contributed by atoms with Gasteiger partial charge in [0.1, 0.15) is 0 Å². The van der Waals surface area contributed by atoms with E-state index in [9.17, 15) is 0 Å². The molecule has 8 heteroatoms. The zero-order valence-electron chi connectivity index (χ0n) is 17.3. The number of hydrogen-bond acceptors (Lipinski definition) is 4. The van der Waals surface area contributed by atoms with Crippen molar-refractivity contribution in [3.05, 3.63) is 18.0 Å². The third-order valence-corrected chi connectivity index (χ3v) is 5.64. The summed E-state index contributed by atoms with van der Waals surface area (Å²) in [5, 5.41) is 7.80. The van der Waals surface area contributed by atoms with Gasteiger partial charge in [0.05, 0.1) is 12.7 Å². The summed E-state index contributed by atoms with van der Waals surface area (Å²) >= 11 is 0. The highest BCUT2D eigenvalue weighted by Crippen LogP contribution is 2.21. The highest BCUT2D eigenvalue weighted by molar-refractivity contribution is 14.0. The molecule has 0 aliphatic carbocycles. The fourth-order valence-corrected chi connectivity index (χ4v) is 4.02. The van der Waals surface area contributed by atoms with Crippen molar-refractivity contribution >= 4 is 29.9 Å². The quantitative estimate of drug-likeness (QED) is 0.382. The number of nitrogens with zero attached hydrogens (tertiary/aromatic N) is 6. The molecular formula is C19H36IN7. The van der Waals surface area contributed by atoms with Crippen molar-refractivity contribution in [2.24, 2.45) is 18.0 Å². The second-order valence-corrected chi connectivity index (χ2v) is 7.92. The Morgan fingerprint density at radius 1 is 1.22 bits per heavy atom. The predicted octanol–water partition coefficient (Wildman–Crippen LogP) is 1.11. The van der Waals surface area contributed by atoms with Crippen molar-refractivity contribution in [2.75, 3.05) is 59.9 Å². The zero-order chi connectivity index (χ0) is 18.5. The molecule has 2 saturated heterocycles. The van der Waals surface area contributed by atoms with Crippen LogP contribution in [0, 0.1) is 5.92 Å². The van der Waals surface area contributed by atoms with E-state index in [1.807, 2.05) is 17.9 Å². The van der Waals surface area contributed by atoms with Crippen molar-refractivity contribution < 1.29 is 0 Å². The number of likely N-dealkylation sites (N-methyl/N-ethyl adjacent to an activating group) is 2. The van der Waals surface area contributed by atoms with E-state index in [2.05, 4.69) is 52.3 Å². The monoisotopic (exact) mass is 489 g/mol. The Labute approximate surface area is 181 Å². The molecule has 1 aromatic heterocycles. The largest absolute Gasteiger partial charge is 0.357 e. The minimum atomic E-state index is 0. The third kappa shape index (κ3) is 6.32. The van der Waals surface area contributed by atoms with Crippen LogP contribution < -0.4 is 5.32 Å². The lowest BCUT2D eigenvalue weighted by molar-refractivity contribution is 0.119. The summed E-state index contributed by atoms with van der Waals surface area (Å²) in [4.78, 5) is 12.3. The van der Waals surface area contributed by atoms with E-state index in [0.717, 1.165) is 58.2 Å². The normalized spacial score (nSPS) is 24.9. The van der Waals surface area contributed by atoms with Gasteiger partial charge in [0.25, 0.3) is 0 Å². The Balaban J connectivity index is 0.00000261. The van der Waals surface area contributed by atoms with Crippen LogP contribution >= 0.6 is 24.0 Å². The second-order valence-electron chi connectivity index (χ2n) is 7.92. The molecule has 0 bridgehead atoms. The lowest BCUT2D eigenvalue weighted by Crippen LogP contribution is -2.51. The number of aromatic nitrogens is 2. The van der Waals surface area contributed by atoms with Gasteiger partial charge in [0.2, 0.25) is 0 Å². The maximum Gasteiger partial charge on any atom is 0.193 e. The lowest BCUT2D eigenvalue weighted by Gasteiger charge is -2.37. The average molecular weight is 489 g/mol. The van der Waals surface area contributed by atoms with Gasteiger partial charge < -0.3 is 15.1 Å². The van der Waals surface area contributed by atoms with E-state index in [1.54, 1.807) is 0 Å². The minimum absolute atomic E-state index is 0. The van der Waals surface area contributed by atoms with Crippen molar-refractivity contribution in [1.29, 1.82) is 0 Å². The molecule has 2 unspecified atom stereocenters. The van der Waals surface area contributed by atoms with Crippen molar-refractivity contribution in [1.82, 2.24) is 29.8 Å². The predicted molar refractivity (Wildman–Crippen MR) is 122 cm³/mol. The molecule has 0 amide bonds. The van der Waals surface area contributed by atoms with E-state index < -0.39 is 0 Å². The number of halogens is 1. The molecular weight excluding hydrogens is 453 g/mol. The molecule has 2 fully saturated rings. The van der Waals surface area contributed by atoms with E-state index >= 15 is 0 Å². The molecule has 7 nitrogen and oxygen atoms in total. The Morgan fingerprint density at radius 2 is 2.04 bits per heavy atom. The zero-order valence-corrected chi connectivity index (χ0v) is 19.6. The summed E-state index contributed by atoms with van der Waals surface area (Å²) in [6.07, 6.45) is 6.47. The summed E-state index contributed by atoms with van der Waals surface area (Å²) < 4.78 is 1.89. The highest BCUT2D eigenvalue weighted by atomic mass is 127. The highest BCUT2D eigenvalue weighted by Gasteiger charge is 2.26. The first-order chi connectivity index (χ1) is 12.5. The molecule has 0 saturated carbocycles. The molecule has 2 aliphatic rings. The number of aliphatic imine (C=N–C) groups is 1. The Morgan fingerprint density at radius 3 is 2.74 bits per heavy atom. The van der Waals surface area contributed by atoms with Crippen molar-refractivity contribution in [2.45, 2.75) is 25.8 Å². The van der Waals surface area contributed by atoms with Crippen LogP contribution in [0.1, 0.15) is 18.9 Å². The van der Waals surface area contributed by atoms with Crippen LogP contribution in [0.4, 0.5) is 0 Å². The molecule has 0 aromatic carbocycles. The molecule has 1 N–H and O–H groups in total. The van der Waals surface area contributed by atoms with E-state index in [-0.39, 0.29) is 24.0 Å². The third-order valence-electron chi connectivity index (χ3n) is 5.64. The topological polar surface area (TPSA) is 51.9 Å². The van der Waals surface area contributed by atoms with Crippen LogP contribution in [-0.2, 0) is 13.5 Å². The summed E-state index contributed by atoms with van der Waals surface area (Å²) in [7, 11) is 6.42. The van der Waals surface area contributed by atoms with Gasteiger partial charge in [-0.05, 0) is 45.3 Å². The SMILES string of the molecule is CCNC(=NCC1CN(C)CCN1C)N1CCC(Cc2cnn(C)c2)C1.I. The fourth-order valence-electron chi connectivity index (χ4n) is 4.02. The first-order valence-corrected chi connectivity index (χ1v) is 9.94. The molecule has 3 heterocycles. The number of aryl methyl sites for hydroxylation is 1. The molecule has 0 spiro atoms. The molecule has 154 valence electrons. The molecule has 2 aliphatic heterocycles. The maximum absolute atomic E-state index is 5.00. The van der Waals surface area contributed by atoms with Crippen molar-refractivity contribution in [3.8, 4) is 0 Å². The summed E-state index contributed by atoms with van der Waals surface area (Å²) in [6.45, 7) is 9.50. The second kappa shape index (κ2) is 10.6. The molecule has 3 rings (SSSR count). The van der Waals surface area contributed by atoms with Gasteiger partial charge in [0, 0.05) is 58.6 Å². The fraction of sp³-hybridized carbons (Fsp3) is 0.789. The first-order valence-electron chi connectivity index (χ1n) is 9.94. The number of rotatable bonds is 5. The van der Waals surface area contributed by atoms with E-state index in [1.165, 1.54) is 12.0 Å². The van der Waals surface area contributed by atoms with Gasteiger partial charge in [-0.3, -0.25) is 14.6 Å². The van der Waals surface area contributed by atoms with Gasteiger partial charge in [0.15, 0.2) is 5.96 Å². The average Bonchev–Trinajstić information content (AvgIpc) is 3.24. The van der Waals surface area contributed by atoms with E-state index in [0.29, 0.717) is 12.0 Å². The summed E-state index contributed by atoms with van der Waals surface area (Å²) in [5.41, 5.74) is 1.34. The van der Waals surface area contributed by atoms with Crippen LogP contribution in [-0.4, -0.2) is 96.4 Å². The Kier molecular flexibility index (Phi) is 8.81. The number of nitrogens with one attached hydrogen (secondary N) is 1. The summed E-state index contributed by atoms with van der Waals surface area (Å²) in [6, 6.07) is 0.510. The number of piperazine rings is 1. The lowest BCUT2D eigenvalue weighted by atomic mass is 10.0. The van der Waals surface area contributed by atoms with E-state index in [4.69, 9.17) is 4.99 Å². The smallest absolute Gasteiger partial charge is 0.193 e. The first kappa shape index (κ1) is 22.4. The van der Waals surface area contributed by atoms with Gasteiger partial charge in [-0.15, -0.1) is 24.0 Å². The van der Waals surface area contributed by atoms with Crippen LogP contribution in [0.5, 0.6) is 0 Å². The standard InChI is InChI=1S/C19H35N7.HI/c1-5-20-19(21-12-18-15-23(2)8-9-24(18)3)26-7-6-16(14-26)10-17-11-22-25(4)13-17;/h11,13,16,18H,5-10,12,14-15H2,1-4H3,(H,20,21);1H. The Bertz CT molecular complexity index is 603. The van der Waals surface area contributed by atoms with Gasteiger partial charge in [-0.2, -0.15) is 5.10 Å². The van der Waals surface area contributed by atoms with Gasteiger partial charge in [-0.25, -0.2) is 0 Å². The molecule has 27 heavy (non-hydrogen) atoms. The van der Waals surface area contributed by atoms with Crippen LogP contribution in [0.3, 0.4) is 0 Å². The molecule has 2 atom stereocenters. The number of hydrogen-bond donors (Lipinski definition) is 1. The van der Waals surface area contributed by atoms with Gasteiger partial charge in [-0.1, -0.05) is 0 Å². The van der Waals surface area contributed by atoms with Crippen LogP contribution in [0.15, 0.2) is 17.4 Å². The number of likely N-dealkylation sites (tertiary alicyclic amines) is 1.